The second-order valence-electron chi connectivity index (χ2n) is 5.64. The molecule has 1 saturated heterocycles. The van der Waals surface area contributed by atoms with E-state index in [1.165, 1.54) is 7.11 Å². The van der Waals surface area contributed by atoms with E-state index in [-0.39, 0.29) is 0 Å². The van der Waals surface area contributed by atoms with Crippen LogP contribution in [0.4, 0.5) is 5.69 Å². The molecule has 1 heterocycles. The highest BCUT2D eigenvalue weighted by Gasteiger charge is 2.21. The number of hydrogen-bond donors (Lipinski definition) is 1. The minimum atomic E-state index is -1.22. The van der Waals surface area contributed by atoms with E-state index in [4.69, 9.17) is 0 Å². The highest BCUT2D eigenvalue weighted by atomic mass is 16.5. The number of methoxy groups -OCH3 is 1. The predicted octanol–water partition coefficient (Wildman–Crippen LogP) is 1.42. The van der Waals surface area contributed by atoms with Gasteiger partial charge in [0.15, 0.2) is 6.10 Å². The molecule has 1 unspecified atom stereocenters. The monoisotopic (exact) mass is 292 g/mol. The highest BCUT2D eigenvalue weighted by Crippen LogP contribution is 2.23. The number of anilines is 1. The van der Waals surface area contributed by atoms with Crippen molar-refractivity contribution in [3.63, 3.8) is 0 Å². The quantitative estimate of drug-likeness (QED) is 0.851. The first-order chi connectivity index (χ1) is 10.0. The zero-order chi connectivity index (χ0) is 15.4. The summed E-state index contributed by atoms with van der Waals surface area (Å²) >= 11 is 0. The van der Waals surface area contributed by atoms with Gasteiger partial charge in [-0.25, -0.2) is 4.79 Å². The first-order valence-electron chi connectivity index (χ1n) is 7.37. The minimum absolute atomic E-state index is 0.569. The summed E-state index contributed by atoms with van der Waals surface area (Å²) in [5, 5.41) is 9.93. The van der Waals surface area contributed by atoms with Gasteiger partial charge in [-0.15, -0.1) is 0 Å². The lowest BCUT2D eigenvalue weighted by Gasteiger charge is -2.38. The normalized spacial score (nSPS) is 17.9. The molecule has 0 amide bonds. The standard InChI is InChI=1S/C16H24N2O3/c1-12(2)17-7-9-18(10-8-17)14-6-4-5-13(11-14)15(19)16(20)21-3/h4-6,11-12,15,19H,7-10H2,1-3H3. The van der Waals surface area contributed by atoms with Crippen LogP contribution in [-0.4, -0.2) is 55.3 Å². The molecule has 0 aromatic heterocycles. The molecule has 1 atom stereocenters. The fraction of sp³-hybridized carbons (Fsp3) is 0.562. The van der Waals surface area contributed by atoms with E-state index in [1.807, 2.05) is 18.2 Å². The summed E-state index contributed by atoms with van der Waals surface area (Å²) in [5.41, 5.74) is 1.62. The summed E-state index contributed by atoms with van der Waals surface area (Å²) in [4.78, 5) is 16.2. The van der Waals surface area contributed by atoms with Crippen molar-refractivity contribution in [2.24, 2.45) is 0 Å². The molecular weight excluding hydrogens is 268 g/mol. The van der Waals surface area contributed by atoms with E-state index >= 15 is 0 Å². The third kappa shape index (κ3) is 3.74. The Kier molecular flexibility index (Phi) is 5.20. The number of aliphatic hydroxyl groups excluding tert-OH is 1. The zero-order valence-corrected chi connectivity index (χ0v) is 13.0. The summed E-state index contributed by atoms with van der Waals surface area (Å²) in [5.74, 6) is -0.628. The number of piperazine rings is 1. The van der Waals surface area contributed by atoms with Gasteiger partial charge in [-0.1, -0.05) is 12.1 Å². The van der Waals surface area contributed by atoms with Crippen LogP contribution < -0.4 is 4.90 Å². The largest absolute Gasteiger partial charge is 0.467 e. The minimum Gasteiger partial charge on any atom is -0.467 e. The molecule has 1 N–H and O–H groups in total. The molecule has 116 valence electrons. The van der Waals surface area contributed by atoms with E-state index in [0.717, 1.165) is 31.9 Å². The summed E-state index contributed by atoms with van der Waals surface area (Å²) in [6.07, 6.45) is -1.22. The maximum Gasteiger partial charge on any atom is 0.339 e. The van der Waals surface area contributed by atoms with Crippen LogP contribution in [0.25, 0.3) is 0 Å². The Hall–Kier alpha value is -1.59. The fourth-order valence-electron chi connectivity index (χ4n) is 2.64. The van der Waals surface area contributed by atoms with Crippen molar-refractivity contribution in [3.05, 3.63) is 29.8 Å². The molecule has 5 nitrogen and oxygen atoms in total. The average molecular weight is 292 g/mol. The Labute approximate surface area is 126 Å². The van der Waals surface area contributed by atoms with Crippen molar-refractivity contribution in [1.29, 1.82) is 0 Å². The van der Waals surface area contributed by atoms with Gasteiger partial charge in [0.05, 0.1) is 7.11 Å². The van der Waals surface area contributed by atoms with Crippen LogP contribution in [0.2, 0.25) is 0 Å². The molecule has 1 fully saturated rings. The Morgan fingerprint density at radius 3 is 2.48 bits per heavy atom. The number of benzene rings is 1. The van der Waals surface area contributed by atoms with Gasteiger partial charge >= 0.3 is 5.97 Å². The summed E-state index contributed by atoms with van der Waals surface area (Å²) in [7, 11) is 1.28. The van der Waals surface area contributed by atoms with Crippen LogP contribution >= 0.6 is 0 Å². The lowest BCUT2D eigenvalue weighted by atomic mass is 10.1. The average Bonchev–Trinajstić information content (AvgIpc) is 2.53. The van der Waals surface area contributed by atoms with E-state index in [1.54, 1.807) is 6.07 Å². The molecule has 0 aliphatic carbocycles. The van der Waals surface area contributed by atoms with Crippen molar-refractivity contribution < 1.29 is 14.6 Å². The van der Waals surface area contributed by atoms with Gasteiger partial charge in [-0.05, 0) is 31.5 Å². The Morgan fingerprint density at radius 2 is 1.90 bits per heavy atom. The van der Waals surface area contributed by atoms with Crippen molar-refractivity contribution in [2.45, 2.75) is 26.0 Å². The molecule has 0 saturated carbocycles. The van der Waals surface area contributed by atoms with Gasteiger partial charge in [0, 0.05) is 37.9 Å². The van der Waals surface area contributed by atoms with Crippen molar-refractivity contribution in [2.75, 3.05) is 38.2 Å². The Morgan fingerprint density at radius 1 is 1.24 bits per heavy atom. The number of hydrogen-bond acceptors (Lipinski definition) is 5. The predicted molar refractivity (Wildman–Crippen MR) is 82.3 cm³/mol. The summed E-state index contributed by atoms with van der Waals surface area (Å²) < 4.78 is 4.58. The maximum absolute atomic E-state index is 11.4. The van der Waals surface area contributed by atoms with Gasteiger partial charge in [0.25, 0.3) is 0 Å². The third-order valence-corrected chi connectivity index (χ3v) is 4.02. The van der Waals surface area contributed by atoms with Gasteiger partial charge in [-0.2, -0.15) is 0 Å². The number of rotatable bonds is 4. The van der Waals surface area contributed by atoms with E-state index in [2.05, 4.69) is 28.4 Å². The molecule has 5 heteroatoms. The number of aliphatic hydroxyl groups is 1. The van der Waals surface area contributed by atoms with Gasteiger partial charge < -0.3 is 14.7 Å². The molecule has 1 aromatic carbocycles. The molecule has 0 radical (unpaired) electrons. The molecule has 1 aromatic rings. The first-order valence-corrected chi connectivity index (χ1v) is 7.37. The van der Waals surface area contributed by atoms with Gasteiger partial charge in [0.1, 0.15) is 0 Å². The van der Waals surface area contributed by atoms with Crippen LogP contribution in [0.5, 0.6) is 0 Å². The van der Waals surface area contributed by atoms with Gasteiger partial charge in [0.2, 0.25) is 0 Å². The fourth-order valence-corrected chi connectivity index (χ4v) is 2.64. The first kappa shape index (κ1) is 15.8. The van der Waals surface area contributed by atoms with Crippen LogP contribution in [0, 0.1) is 0 Å². The van der Waals surface area contributed by atoms with Crippen molar-refractivity contribution in [3.8, 4) is 0 Å². The molecule has 1 aliphatic rings. The lowest BCUT2D eigenvalue weighted by molar-refractivity contribution is -0.150. The van der Waals surface area contributed by atoms with Crippen molar-refractivity contribution in [1.82, 2.24) is 4.90 Å². The smallest absolute Gasteiger partial charge is 0.339 e. The van der Waals surface area contributed by atoms with E-state index < -0.39 is 12.1 Å². The number of carbonyl (C=O) groups is 1. The zero-order valence-electron chi connectivity index (χ0n) is 13.0. The lowest BCUT2D eigenvalue weighted by Crippen LogP contribution is -2.48. The molecule has 0 bridgehead atoms. The number of nitrogens with zero attached hydrogens (tertiary/aromatic N) is 2. The van der Waals surface area contributed by atoms with E-state index in [0.29, 0.717) is 11.6 Å². The highest BCUT2D eigenvalue weighted by molar-refractivity contribution is 5.76. The Balaban J connectivity index is 2.06. The number of carbonyl (C=O) groups excluding carboxylic acids is 1. The third-order valence-electron chi connectivity index (χ3n) is 4.02. The maximum atomic E-state index is 11.4. The molecule has 0 spiro atoms. The topological polar surface area (TPSA) is 53.0 Å². The summed E-state index contributed by atoms with van der Waals surface area (Å²) in [6.45, 7) is 8.39. The van der Waals surface area contributed by atoms with Crippen LogP contribution in [-0.2, 0) is 9.53 Å². The van der Waals surface area contributed by atoms with Crippen LogP contribution in [0.15, 0.2) is 24.3 Å². The van der Waals surface area contributed by atoms with Crippen molar-refractivity contribution >= 4 is 11.7 Å². The Bertz CT molecular complexity index is 482. The number of ether oxygens (including phenoxy) is 1. The molecule has 2 rings (SSSR count). The van der Waals surface area contributed by atoms with E-state index in [9.17, 15) is 9.90 Å². The second-order valence-corrected chi connectivity index (χ2v) is 5.64. The van der Waals surface area contributed by atoms with Gasteiger partial charge in [-0.3, -0.25) is 4.90 Å². The summed E-state index contributed by atoms with van der Waals surface area (Å²) in [6, 6.07) is 8.06. The molecular formula is C16H24N2O3. The SMILES string of the molecule is COC(=O)C(O)c1cccc(N2CCN(C(C)C)CC2)c1. The van der Waals surface area contributed by atoms with Crippen LogP contribution in [0.1, 0.15) is 25.5 Å². The van der Waals surface area contributed by atoms with Crippen LogP contribution in [0.3, 0.4) is 0 Å². The molecule has 1 aliphatic heterocycles. The second kappa shape index (κ2) is 6.91. The molecule has 21 heavy (non-hydrogen) atoms. The number of esters is 1.